The summed E-state index contributed by atoms with van der Waals surface area (Å²) in [6.45, 7) is 3.69. The summed E-state index contributed by atoms with van der Waals surface area (Å²) in [6, 6.07) is 0.757. The summed E-state index contributed by atoms with van der Waals surface area (Å²) >= 11 is 1.82. The number of piperidine rings is 1. The van der Waals surface area contributed by atoms with Crippen molar-refractivity contribution in [2.45, 2.75) is 51.1 Å². The first kappa shape index (κ1) is 15.3. The molecule has 2 aliphatic rings. The molecule has 118 valence electrons. The predicted molar refractivity (Wildman–Crippen MR) is 88.0 cm³/mol. The van der Waals surface area contributed by atoms with Crippen LogP contribution in [0, 0.1) is 5.92 Å². The second-order valence-electron chi connectivity index (χ2n) is 6.24. The number of fused-ring (bicyclic) bond motifs is 1. The van der Waals surface area contributed by atoms with Gasteiger partial charge in [-0.1, -0.05) is 12.8 Å². The lowest BCUT2D eigenvalue weighted by atomic mass is 9.78. The Hall–Kier alpha value is -0.650. The smallest absolute Gasteiger partial charge is 0.185 e. The number of aromatic nitrogens is 1. The van der Waals surface area contributed by atoms with E-state index in [2.05, 4.69) is 15.6 Å². The molecule has 1 aliphatic carbocycles. The van der Waals surface area contributed by atoms with Gasteiger partial charge in [-0.2, -0.15) is 0 Å². The topological polar surface area (TPSA) is 37.4 Å². The van der Waals surface area contributed by atoms with E-state index in [0.29, 0.717) is 0 Å². The van der Waals surface area contributed by atoms with Gasteiger partial charge < -0.3 is 15.0 Å². The molecule has 0 radical (unpaired) electrons. The van der Waals surface area contributed by atoms with Crippen LogP contribution in [0.2, 0.25) is 0 Å². The lowest BCUT2D eigenvalue weighted by molar-refractivity contribution is 0.199. The second-order valence-corrected chi connectivity index (χ2v) is 7.08. The lowest BCUT2D eigenvalue weighted by Crippen LogP contribution is -2.46. The SMILES string of the molecule is COCCNCc1csc(N2CCCC3CCCCC32)n1. The first-order valence-electron chi connectivity index (χ1n) is 8.29. The zero-order valence-electron chi connectivity index (χ0n) is 13.0. The minimum atomic E-state index is 0.757. The van der Waals surface area contributed by atoms with E-state index in [1.807, 2.05) is 11.3 Å². The summed E-state index contributed by atoms with van der Waals surface area (Å²) in [5.41, 5.74) is 1.17. The molecule has 0 aromatic carbocycles. The van der Waals surface area contributed by atoms with Crippen LogP contribution in [0.25, 0.3) is 0 Å². The van der Waals surface area contributed by atoms with Gasteiger partial charge in [-0.05, 0) is 31.6 Å². The third-order valence-corrected chi connectivity index (χ3v) is 5.74. The van der Waals surface area contributed by atoms with Crippen LogP contribution in [0.3, 0.4) is 0 Å². The molecule has 2 fully saturated rings. The van der Waals surface area contributed by atoms with Crippen molar-refractivity contribution < 1.29 is 4.74 Å². The molecule has 0 spiro atoms. The Labute approximate surface area is 131 Å². The zero-order chi connectivity index (χ0) is 14.5. The molecule has 2 atom stereocenters. The van der Waals surface area contributed by atoms with Crippen LogP contribution in [0.5, 0.6) is 0 Å². The van der Waals surface area contributed by atoms with Crippen LogP contribution in [0.1, 0.15) is 44.2 Å². The Morgan fingerprint density at radius 3 is 3.10 bits per heavy atom. The van der Waals surface area contributed by atoms with Gasteiger partial charge in [0.05, 0.1) is 12.3 Å². The Bertz CT molecular complexity index is 435. The molecule has 3 rings (SSSR count). The summed E-state index contributed by atoms with van der Waals surface area (Å²) in [4.78, 5) is 7.47. The highest BCUT2D eigenvalue weighted by Gasteiger charge is 2.34. The van der Waals surface area contributed by atoms with Crippen LogP contribution in [-0.4, -0.2) is 37.8 Å². The Morgan fingerprint density at radius 2 is 2.19 bits per heavy atom. The van der Waals surface area contributed by atoms with E-state index in [4.69, 9.17) is 9.72 Å². The molecular formula is C16H27N3OS. The van der Waals surface area contributed by atoms with E-state index in [0.717, 1.165) is 31.7 Å². The average Bonchev–Trinajstić information content (AvgIpc) is 3.00. The molecule has 21 heavy (non-hydrogen) atoms. The van der Waals surface area contributed by atoms with Gasteiger partial charge >= 0.3 is 0 Å². The fourth-order valence-electron chi connectivity index (χ4n) is 3.76. The molecule has 0 bridgehead atoms. The zero-order valence-corrected chi connectivity index (χ0v) is 13.8. The van der Waals surface area contributed by atoms with Gasteiger partial charge in [0.15, 0.2) is 5.13 Å². The van der Waals surface area contributed by atoms with Crippen LogP contribution >= 0.6 is 11.3 Å². The lowest BCUT2D eigenvalue weighted by Gasteiger charge is -2.44. The van der Waals surface area contributed by atoms with Crippen molar-refractivity contribution in [1.82, 2.24) is 10.3 Å². The number of thiazole rings is 1. The number of ether oxygens (including phenoxy) is 1. The van der Waals surface area contributed by atoms with Gasteiger partial charge in [-0.15, -0.1) is 11.3 Å². The summed E-state index contributed by atoms with van der Waals surface area (Å²) in [7, 11) is 1.74. The maximum Gasteiger partial charge on any atom is 0.185 e. The molecule has 1 aromatic heterocycles. The highest BCUT2D eigenvalue weighted by Crippen LogP contribution is 2.38. The Morgan fingerprint density at radius 1 is 1.33 bits per heavy atom. The van der Waals surface area contributed by atoms with Crippen molar-refractivity contribution >= 4 is 16.5 Å². The van der Waals surface area contributed by atoms with Gasteiger partial charge in [0.25, 0.3) is 0 Å². The highest BCUT2D eigenvalue weighted by atomic mass is 32.1. The third-order valence-electron chi connectivity index (χ3n) is 4.82. The Balaban J connectivity index is 1.59. The second kappa shape index (κ2) is 7.56. The molecule has 1 saturated heterocycles. The van der Waals surface area contributed by atoms with Crippen LogP contribution in [0.15, 0.2) is 5.38 Å². The summed E-state index contributed by atoms with van der Waals surface area (Å²) in [5.74, 6) is 0.916. The van der Waals surface area contributed by atoms with E-state index >= 15 is 0 Å². The van der Waals surface area contributed by atoms with E-state index in [1.165, 1.54) is 55.9 Å². The predicted octanol–water partition coefficient (Wildman–Crippen LogP) is 3.04. The number of rotatable bonds is 6. The summed E-state index contributed by atoms with van der Waals surface area (Å²) in [6.07, 6.45) is 8.39. The third kappa shape index (κ3) is 3.76. The van der Waals surface area contributed by atoms with Crippen molar-refractivity contribution in [1.29, 1.82) is 0 Å². The summed E-state index contributed by atoms with van der Waals surface area (Å²) < 4.78 is 5.05. The van der Waals surface area contributed by atoms with Crippen LogP contribution < -0.4 is 10.2 Å². The molecule has 2 unspecified atom stereocenters. The average molecular weight is 309 g/mol. The van der Waals surface area contributed by atoms with Crippen molar-refractivity contribution in [3.05, 3.63) is 11.1 Å². The highest BCUT2D eigenvalue weighted by molar-refractivity contribution is 7.13. The van der Waals surface area contributed by atoms with Gasteiger partial charge in [-0.25, -0.2) is 4.98 Å². The van der Waals surface area contributed by atoms with Crippen LogP contribution in [0.4, 0.5) is 5.13 Å². The standard InChI is InChI=1S/C16H27N3OS/c1-20-10-8-17-11-14-12-21-16(18-14)19-9-4-6-13-5-2-3-7-15(13)19/h12-13,15,17H,2-11H2,1H3. The van der Waals surface area contributed by atoms with Gasteiger partial charge in [0.2, 0.25) is 0 Å². The summed E-state index contributed by atoms with van der Waals surface area (Å²) in [5, 5.41) is 6.83. The monoisotopic (exact) mass is 309 g/mol. The number of anilines is 1. The molecule has 2 heterocycles. The first-order chi connectivity index (χ1) is 10.4. The molecule has 0 amide bonds. The number of hydrogen-bond acceptors (Lipinski definition) is 5. The van der Waals surface area contributed by atoms with Gasteiger partial charge in [0, 0.05) is 38.2 Å². The van der Waals surface area contributed by atoms with E-state index in [-0.39, 0.29) is 0 Å². The van der Waals surface area contributed by atoms with Gasteiger partial charge in [0.1, 0.15) is 0 Å². The quantitative estimate of drug-likeness (QED) is 0.820. The van der Waals surface area contributed by atoms with Crippen molar-refractivity contribution in [2.24, 2.45) is 5.92 Å². The number of nitrogens with one attached hydrogen (secondary N) is 1. The fourth-order valence-corrected chi connectivity index (χ4v) is 4.67. The van der Waals surface area contributed by atoms with Crippen LogP contribution in [-0.2, 0) is 11.3 Å². The number of hydrogen-bond donors (Lipinski definition) is 1. The minimum Gasteiger partial charge on any atom is -0.383 e. The van der Waals surface area contributed by atoms with E-state index < -0.39 is 0 Å². The normalized spacial score (nSPS) is 25.9. The van der Waals surface area contributed by atoms with E-state index in [1.54, 1.807) is 7.11 Å². The first-order valence-corrected chi connectivity index (χ1v) is 9.17. The molecular weight excluding hydrogens is 282 g/mol. The molecule has 1 aromatic rings. The largest absolute Gasteiger partial charge is 0.383 e. The molecule has 1 saturated carbocycles. The maximum absolute atomic E-state index is 5.05. The number of nitrogens with zero attached hydrogens (tertiary/aromatic N) is 2. The molecule has 1 N–H and O–H groups in total. The molecule has 1 aliphatic heterocycles. The Kier molecular flexibility index (Phi) is 5.49. The van der Waals surface area contributed by atoms with Crippen molar-refractivity contribution in [3.63, 3.8) is 0 Å². The fraction of sp³-hybridized carbons (Fsp3) is 0.812. The van der Waals surface area contributed by atoms with E-state index in [9.17, 15) is 0 Å². The van der Waals surface area contributed by atoms with Gasteiger partial charge in [-0.3, -0.25) is 0 Å². The minimum absolute atomic E-state index is 0.757. The van der Waals surface area contributed by atoms with Crippen molar-refractivity contribution in [3.8, 4) is 0 Å². The number of methoxy groups -OCH3 is 1. The molecule has 4 nitrogen and oxygen atoms in total. The molecule has 5 heteroatoms. The van der Waals surface area contributed by atoms with Crippen molar-refractivity contribution in [2.75, 3.05) is 31.7 Å². The maximum atomic E-state index is 5.05.